The van der Waals surface area contributed by atoms with Crippen molar-refractivity contribution in [3.8, 4) is 5.75 Å². The van der Waals surface area contributed by atoms with Crippen LogP contribution in [0.1, 0.15) is 28.8 Å². The van der Waals surface area contributed by atoms with Crippen molar-refractivity contribution in [3.63, 3.8) is 0 Å². The van der Waals surface area contributed by atoms with Crippen molar-refractivity contribution in [1.29, 1.82) is 0 Å². The van der Waals surface area contributed by atoms with Crippen LogP contribution in [0, 0.1) is 5.92 Å². The number of allylic oxidation sites excluding steroid dienone is 2. The third kappa shape index (κ3) is 4.46. The number of aliphatic hydroxyl groups excluding tert-OH is 1. The van der Waals surface area contributed by atoms with Crippen LogP contribution in [0.4, 0.5) is 0 Å². The van der Waals surface area contributed by atoms with E-state index in [2.05, 4.69) is 13.2 Å². The van der Waals surface area contributed by atoms with Gasteiger partial charge in [-0.3, -0.25) is 0 Å². The molecular weight excluding hydrogens is 268 g/mol. The maximum atomic E-state index is 11.8. The normalized spacial score (nSPS) is 11.6. The fourth-order valence-electron chi connectivity index (χ4n) is 2.12. The Hall–Kier alpha value is -2.07. The first kappa shape index (κ1) is 17.0. The maximum Gasteiger partial charge on any atom is 0.341 e. The molecule has 4 nitrogen and oxygen atoms in total. The fraction of sp³-hybridized carbons (Fsp3) is 0.353. The van der Waals surface area contributed by atoms with Gasteiger partial charge < -0.3 is 14.6 Å². The third-order valence-corrected chi connectivity index (χ3v) is 3.31. The van der Waals surface area contributed by atoms with E-state index in [1.165, 1.54) is 14.2 Å². The quantitative estimate of drug-likeness (QED) is 0.590. The van der Waals surface area contributed by atoms with E-state index in [4.69, 9.17) is 9.47 Å². The zero-order chi connectivity index (χ0) is 15.8. The number of ether oxygens (including phenoxy) is 2. The van der Waals surface area contributed by atoms with Gasteiger partial charge in [0.25, 0.3) is 0 Å². The SMILES string of the molecule is C=CCC(CO)CC(=C)c1ccc(OC)c(C(=O)OC)c1. The molecule has 1 rings (SSSR count). The molecule has 0 radical (unpaired) electrons. The molecule has 0 saturated heterocycles. The Labute approximate surface area is 125 Å². The van der Waals surface area contributed by atoms with E-state index >= 15 is 0 Å². The summed E-state index contributed by atoms with van der Waals surface area (Å²) in [6, 6.07) is 5.26. The summed E-state index contributed by atoms with van der Waals surface area (Å²) in [6.45, 7) is 7.79. The fourth-order valence-corrected chi connectivity index (χ4v) is 2.12. The molecule has 0 aliphatic heterocycles. The van der Waals surface area contributed by atoms with Gasteiger partial charge in [0, 0.05) is 6.61 Å². The van der Waals surface area contributed by atoms with E-state index in [-0.39, 0.29) is 12.5 Å². The first-order valence-corrected chi connectivity index (χ1v) is 6.73. The van der Waals surface area contributed by atoms with Gasteiger partial charge in [0.1, 0.15) is 11.3 Å². The van der Waals surface area contributed by atoms with E-state index in [9.17, 15) is 9.90 Å². The highest BCUT2D eigenvalue weighted by Crippen LogP contribution is 2.28. The molecule has 0 aromatic heterocycles. The Morgan fingerprint density at radius 1 is 1.43 bits per heavy atom. The topological polar surface area (TPSA) is 55.8 Å². The zero-order valence-electron chi connectivity index (χ0n) is 12.6. The van der Waals surface area contributed by atoms with E-state index in [1.807, 2.05) is 6.07 Å². The lowest BCUT2D eigenvalue weighted by Gasteiger charge is -2.15. The minimum absolute atomic E-state index is 0.0745. The van der Waals surface area contributed by atoms with Crippen molar-refractivity contribution in [2.24, 2.45) is 5.92 Å². The summed E-state index contributed by atoms with van der Waals surface area (Å²) < 4.78 is 9.91. The van der Waals surface area contributed by atoms with Gasteiger partial charge in [0.2, 0.25) is 0 Å². The maximum absolute atomic E-state index is 11.8. The summed E-state index contributed by atoms with van der Waals surface area (Å²) in [5.74, 6) is 0.0909. The van der Waals surface area contributed by atoms with Crippen LogP contribution in [0.25, 0.3) is 5.57 Å². The van der Waals surface area contributed by atoms with Crippen LogP contribution in [0.2, 0.25) is 0 Å². The van der Waals surface area contributed by atoms with Crippen LogP contribution in [0.15, 0.2) is 37.4 Å². The lowest BCUT2D eigenvalue weighted by Crippen LogP contribution is -2.07. The highest BCUT2D eigenvalue weighted by atomic mass is 16.5. The first-order chi connectivity index (χ1) is 10.1. The smallest absolute Gasteiger partial charge is 0.341 e. The largest absolute Gasteiger partial charge is 0.496 e. The molecule has 1 aromatic carbocycles. The Morgan fingerprint density at radius 3 is 2.67 bits per heavy atom. The van der Waals surface area contributed by atoms with Crippen molar-refractivity contribution >= 4 is 11.5 Å². The lowest BCUT2D eigenvalue weighted by molar-refractivity contribution is 0.0597. The second kappa shape index (κ2) is 8.27. The summed E-state index contributed by atoms with van der Waals surface area (Å²) in [6.07, 6.45) is 3.13. The number of carbonyl (C=O) groups is 1. The molecule has 0 aliphatic rings. The van der Waals surface area contributed by atoms with Gasteiger partial charge in [-0.25, -0.2) is 4.79 Å². The molecule has 0 fully saturated rings. The molecule has 0 aliphatic carbocycles. The number of rotatable bonds is 8. The first-order valence-electron chi connectivity index (χ1n) is 6.73. The van der Waals surface area contributed by atoms with E-state index in [1.54, 1.807) is 18.2 Å². The number of hydrogen-bond donors (Lipinski definition) is 1. The molecule has 1 N–H and O–H groups in total. The Kier molecular flexibility index (Phi) is 6.69. The molecule has 4 heteroatoms. The van der Waals surface area contributed by atoms with Gasteiger partial charge in [0.15, 0.2) is 0 Å². The number of carbonyl (C=O) groups excluding carboxylic acids is 1. The molecule has 0 heterocycles. The third-order valence-electron chi connectivity index (χ3n) is 3.31. The van der Waals surface area contributed by atoms with Crippen LogP contribution in [0.5, 0.6) is 5.75 Å². The van der Waals surface area contributed by atoms with Crippen LogP contribution in [0.3, 0.4) is 0 Å². The highest BCUT2D eigenvalue weighted by Gasteiger charge is 2.15. The van der Waals surface area contributed by atoms with Gasteiger partial charge in [-0.05, 0) is 42.0 Å². The van der Waals surface area contributed by atoms with Gasteiger partial charge >= 0.3 is 5.97 Å². The summed E-state index contributed by atoms with van der Waals surface area (Å²) in [7, 11) is 2.83. The monoisotopic (exact) mass is 290 g/mol. The van der Waals surface area contributed by atoms with E-state index < -0.39 is 5.97 Å². The number of benzene rings is 1. The molecule has 0 spiro atoms. The molecule has 1 atom stereocenters. The minimum atomic E-state index is -0.453. The predicted molar refractivity (Wildman–Crippen MR) is 83.4 cm³/mol. The summed E-state index contributed by atoms with van der Waals surface area (Å²) in [4.78, 5) is 11.8. The van der Waals surface area contributed by atoms with Crippen molar-refractivity contribution in [3.05, 3.63) is 48.6 Å². The minimum Gasteiger partial charge on any atom is -0.496 e. The van der Waals surface area contributed by atoms with Crippen molar-refractivity contribution in [1.82, 2.24) is 0 Å². The van der Waals surface area contributed by atoms with Crippen LogP contribution >= 0.6 is 0 Å². The highest BCUT2D eigenvalue weighted by molar-refractivity contribution is 5.93. The predicted octanol–water partition coefficient (Wildman–Crippen LogP) is 3.07. The zero-order valence-corrected chi connectivity index (χ0v) is 12.6. The van der Waals surface area contributed by atoms with E-state index in [0.29, 0.717) is 17.7 Å². The average molecular weight is 290 g/mol. The number of esters is 1. The van der Waals surface area contributed by atoms with Gasteiger partial charge in [-0.1, -0.05) is 18.7 Å². The molecule has 0 amide bonds. The second-order valence-electron chi connectivity index (χ2n) is 4.79. The molecule has 21 heavy (non-hydrogen) atoms. The average Bonchev–Trinajstić information content (AvgIpc) is 2.52. The van der Waals surface area contributed by atoms with Gasteiger partial charge in [0.05, 0.1) is 14.2 Å². The summed E-state index contributed by atoms with van der Waals surface area (Å²) in [5, 5.41) is 9.33. The standard InChI is InChI=1S/C17H22O4/c1-5-6-13(11-18)9-12(2)14-7-8-16(20-3)15(10-14)17(19)21-4/h5,7-8,10,13,18H,1-2,6,9,11H2,3-4H3. The molecule has 114 valence electrons. The number of aliphatic hydroxyl groups is 1. The number of methoxy groups -OCH3 is 2. The Bertz CT molecular complexity index is 520. The van der Waals surface area contributed by atoms with Gasteiger partial charge in [-0.2, -0.15) is 0 Å². The number of hydrogen-bond acceptors (Lipinski definition) is 4. The van der Waals surface area contributed by atoms with Gasteiger partial charge in [-0.15, -0.1) is 6.58 Å². The molecular formula is C17H22O4. The second-order valence-corrected chi connectivity index (χ2v) is 4.79. The summed E-state index contributed by atoms with van der Waals surface area (Å²) in [5.41, 5.74) is 2.05. The van der Waals surface area contributed by atoms with Crippen molar-refractivity contribution < 1.29 is 19.4 Å². The van der Waals surface area contributed by atoms with Crippen LogP contribution < -0.4 is 4.74 Å². The van der Waals surface area contributed by atoms with Crippen LogP contribution in [-0.2, 0) is 4.74 Å². The summed E-state index contributed by atoms with van der Waals surface area (Å²) >= 11 is 0. The Morgan fingerprint density at radius 2 is 2.14 bits per heavy atom. The van der Waals surface area contributed by atoms with Crippen LogP contribution in [-0.4, -0.2) is 31.9 Å². The molecule has 0 bridgehead atoms. The molecule has 0 saturated carbocycles. The van der Waals surface area contributed by atoms with E-state index in [0.717, 1.165) is 17.6 Å². The van der Waals surface area contributed by atoms with Crippen molar-refractivity contribution in [2.75, 3.05) is 20.8 Å². The molecule has 1 unspecified atom stereocenters. The Balaban J connectivity index is 3.00. The lowest BCUT2D eigenvalue weighted by atomic mass is 9.92. The van der Waals surface area contributed by atoms with Crippen molar-refractivity contribution in [2.45, 2.75) is 12.8 Å². The molecule has 1 aromatic rings.